The molecule has 1 aliphatic heterocycles. The Hall–Kier alpha value is -1.09. The van der Waals surface area contributed by atoms with Crippen molar-refractivity contribution in [3.8, 4) is 6.07 Å². The molecule has 1 aromatic carbocycles. The highest BCUT2D eigenvalue weighted by Gasteiger charge is 2.19. The summed E-state index contributed by atoms with van der Waals surface area (Å²) >= 11 is 3.49. The van der Waals surface area contributed by atoms with Gasteiger partial charge in [-0.2, -0.15) is 5.26 Å². The van der Waals surface area contributed by atoms with Crippen LogP contribution in [0.1, 0.15) is 5.56 Å². The largest absolute Gasteiger partial charge is 0.368 e. The van der Waals surface area contributed by atoms with Gasteiger partial charge in [0.05, 0.1) is 11.3 Å². The van der Waals surface area contributed by atoms with Crippen LogP contribution in [0.15, 0.2) is 22.7 Å². The van der Waals surface area contributed by atoms with Gasteiger partial charge in [0.2, 0.25) is 0 Å². The van der Waals surface area contributed by atoms with Crippen molar-refractivity contribution >= 4 is 21.6 Å². The van der Waals surface area contributed by atoms with Gasteiger partial charge in [-0.1, -0.05) is 15.9 Å². The number of halogens is 1. The smallest absolute Gasteiger partial charge is 0.101 e. The fourth-order valence-corrected chi connectivity index (χ4v) is 2.76. The van der Waals surface area contributed by atoms with Crippen molar-refractivity contribution in [2.75, 3.05) is 58.3 Å². The van der Waals surface area contributed by atoms with Gasteiger partial charge in [0.1, 0.15) is 6.07 Å². The molecule has 0 aromatic heterocycles. The van der Waals surface area contributed by atoms with Gasteiger partial charge in [0.15, 0.2) is 0 Å². The molecule has 0 N–H and O–H groups in total. The van der Waals surface area contributed by atoms with Crippen molar-refractivity contribution in [3.63, 3.8) is 0 Å². The molecule has 1 aliphatic rings. The molecule has 4 nitrogen and oxygen atoms in total. The first-order chi connectivity index (χ1) is 9.60. The second-order valence-corrected chi connectivity index (χ2v) is 6.32. The third-order valence-electron chi connectivity index (χ3n) is 3.66. The van der Waals surface area contributed by atoms with E-state index in [0.717, 1.165) is 55.0 Å². The molecule has 108 valence electrons. The lowest BCUT2D eigenvalue weighted by Gasteiger charge is -2.36. The minimum Gasteiger partial charge on any atom is -0.368 e. The van der Waals surface area contributed by atoms with Crippen molar-refractivity contribution < 1.29 is 0 Å². The van der Waals surface area contributed by atoms with E-state index in [1.165, 1.54) is 0 Å². The standard InChI is InChI=1S/C15H21BrN4/c1-18(2)5-6-19-7-9-20(10-8-19)15-11-14(16)4-3-13(15)12-17/h3-4,11H,5-10H2,1-2H3. The normalized spacial score (nSPS) is 16.4. The summed E-state index contributed by atoms with van der Waals surface area (Å²) in [4.78, 5) is 7.02. The maximum atomic E-state index is 9.23. The number of nitrogens with zero attached hydrogens (tertiary/aromatic N) is 4. The van der Waals surface area contributed by atoms with Crippen LogP contribution in [0.4, 0.5) is 5.69 Å². The molecule has 0 aliphatic carbocycles. The Balaban J connectivity index is 1.97. The first-order valence-electron chi connectivity index (χ1n) is 6.92. The highest BCUT2D eigenvalue weighted by Crippen LogP contribution is 2.25. The first-order valence-corrected chi connectivity index (χ1v) is 7.71. The van der Waals surface area contributed by atoms with E-state index >= 15 is 0 Å². The predicted molar refractivity (Wildman–Crippen MR) is 86.1 cm³/mol. The molecule has 0 saturated carbocycles. The number of rotatable bonds is 4. The molecule has 1 fully saturated rings. The van der Waals surface area contributed by atoms with Crippen LogP contribution in [0.5, 0.6) is 0 Å². The quantitative estimate of drug-likeness (QED) is 0.842. The fraction of sp³-hybridized carbons (Fsp3) is 0.533. The van der Waals surface area contributed by atoms with E-state index in [0.29, 0.717) is 0 Å². The summed E-state index contributed by atoms with van der Waals surface area (Å²) in [7, 11) is 4.22. The monoisotopic (exact) mass is 336 g/mol. The molecule has 0 spiro atoms. The second-order valence-electron chi connectivity index (χ2n) is 5.41. The number of benzene rings is 1. The third-order valence-corrected chi connectivity index (χ3v) is 4.15. The van der Waals surface area contributed by atoms with Gasteiger partial charge in [-0.25, -0.2) is 0 Å². The number of piperazine rings is 1. The Morgan fingerprint density at radius 1 is 1.25 bits per heavy atom. The van der Waals surface area contributed by atoms with Crippen LogP contribution in [0, 0.1) is 11.3 Å². The Bertz CT molecular complexity index is 487. The SMILES string of the molecule is CN(C)CCN1CCN(c2cc(Br)ccc2C#N)CC1. The van der Waals surface area contributed by atoms with Gasteiger partial charge >= 0.3 is 0 Å². The fourth-order valence-electron chi connectivity index (χ4n) is 2.41. The van der Waals surface area contributed by atoms with E-state index < -0.39 is 0 Å². The maximum absolute atomic E-state index is 9.23. The van der Waals surface area contributed by atoms with E-state index in [2.05, 4.69) is 50.8 Å². The van der Waals surface area contributed by atoms with E-state index in [1.807, 2.05) is 18.2 Å². The number of hydrogen-bond donors (Lipinski definition) is 0. The van der Waals surface area contributed by atoms with Crippen molar-refractivity contribution in [3.05, 3.63) is 28.2 Å². The summed E-state index contributed by atoms with van der Waals surface area (Å²) in [5.74, 6) is 0. The molecule has 0 bridgehead atoms. The van der Waals surface area contributed by atoms with Crippen molar-refractivity contribution in [1.29, 1.82) is 5.26 Å². The number of hydrogen-bond acceptors (Lipinski definition) is 4. The molecule has 1 aromatic rings. The van der Waals surface area contributed by atoms with E-state index in [1.54, 1.807) is 0 Å². The average molecular weight is 337 g/mol. The molecular weight excluding hydrogens is 316 g/mol. The van der Waals surface area contributed by atoms with E-state index in [9.17, 15) is 5.26 Å². The molecule has 1 saturated heterocycles. The number of nitriles is 1. The van der Waals surface area contributed by atoms with Crippen LogP contribution < -0.4 is 4.90 Å². The van der Waals surface area contributed by atoms with Crippen molar-refractivity contribution in [2.45, 2.75) is 0 Å². The first kappa shape index (κ1) is 15.3. The molecule has 0 atom stereocenters. The van der Waals surface area contributed by atoms with E-state index in [-0.39, 0.29) is 0 Å². The lowest BCUT2D eigenvalue weighted by Crippen LogP contribution is -2.48. The summed E-state index contributed by atoms with van der Waals surface area (Å²) in [5, 5.41) is 9.23. The highest BCUT2D eigenvalue weighted by atomic mass is 79.9. The second kappa shape index (κ2) is 7.07. The summed E-state index contributed by atoms with van der Waals surface area (Å²) < 4.78 is 1.03. The minimum absolute atomic E-state index is 0.759. The summed E-state index contributed by atoms with van der Waals surface area (Å²) in [6, 6.07) is 8.15. The van der Waals surface area contributed by atoms with Gasteiger partial charge in [0.25, 0.3) is 0 Å². The summed E-state index contributed by atoms with van der Waals surface area (Å²) in [5.41, 5.74) is 1.81. The van der Waals surface area contributed by atoms with Crippen molar-refractivity contribution in [2.24, 2.45) is 0 Å². The van der Waals surface area contributed by atoms with Gasteiger partial charge in [0, 0.05) is 43.7 Å². The number of anilines is 1. The number of likely N-dealkylation sites (N-methyl/N-ethyl adjacent to an activating group) is 1. The Kier molecular flexibility index (Phi) is 5.41. The van der Waals surface area contributed by atoms with Crippen molar-refractivity contribution in [1.82, 2.24) is 9.80 Å². The minimum atomic E-state index is 0.759. The van der Waals surface area contributed by atoms with Crippen LogP contribution in [0.3, 0.4) is 0 Å². The lowest BCUT2D eigenvalue weighted by atomic mass is 10.1. The van der Waals surface area contributed by atoms with Crippen LogP contribution in [0.25, 0.3) is 0 Å². The van der Waals surface area contributed by atoms with Gasteiger partial charge in [-0.3, -0.25) is 4.90 Å². The summed E-state index contributed by atoms with van der Waals surface area (Å²) in [6.45, 7) is 6.30. The lowest BCUT2D eigenvalue weighted by molar-refractivity contribution is 0.229. The van der Waals surface area contributed by atoms with Crippen LogP contribution in [-0.4, -0.2) is 63.2 Å². The molecule has 0 amide bonds. The zero-order valence-corrected chi connectivity index (χ0v) is 13.7. The Labute approximate surface area is 129 Å². The molecule has 20 heavy (non-hydrogen) atoms. The molecule has 0 unspecified atom stereocenters. The van der Waals surface area contributed by atoms with Gasteiger partial charge < -0.3 is 9.80 Å². The highest BCUT2D eigenvalue weighted by molar-refractivity contribution is 9.10. The molecule has 0 radical (unpaired) electrons. The van der Waals surface area contributed by atoms with Gasteiger partial charge in [-0.05, 0) is 32.3 Å². The molecule has 5 heteroatoms. The topological polar surface area (TPSA) is 33.5 Å². The molecule has 1 heterocycles. The molecular formula is C15H21BrN4. The Morgan fingerprint density at radius 2 is 1.95 bits per heavy atom. The van der Waals surface area contributed by atoms with Crippen LogP contribution >= 0.6 is 15.9 Å². The van der Waals surface area contributed by atoms with Gasteiger partial charge in [-0.15, -0.1) is 0 Å². The third kappa shape index (κ3) is 3.95. The zero-order chi connectivity index (χ0) is 14.5. The maximum Gasteiger partial charge on any atom is 0.101 e. The predicted octanol–water partition coefficient (Wildman–Crippen LogP) is 2.00. The summed E-state index contributed by atoms with van der Waals surface area (Å²) in [6.07, 6.45) is 0. The van der Waals surface area contributed by atoms with Crippen LogP contribution in [0.2, 0.25) is 0 Å². The molecule has 2 rings (SSSR count). The zero-order valence-electron chi connectivity index (χ0n) is 12.1. The Morgan fingerprint density at radius 3 is 2.55 bits per heavy atom. The average Bonchev–Trinajstić information content (AvgIpc) is 2.45. The van der Waals surface area contributed by atoms with E-state index in [4.69, 9.17) is 0 Å². The van der Waals surface area contributed by atoms with Crippen LogP contribution in [-0.2, 0) is 0 Å².